The van der Waals surface area contributed by atoms with Crippen LogP contribution < -0.4 is 5.32 Å². The van der Waals surface area contributed by atoms with Gasteiger partial charge < -0.3 is 15.0 Å². The fourth-order valence-electron chi connectivity index (χ4n) is 2.91. The van der Waals surface area contributed by atoms with Crippen molar-refractivity contribution in [1.29, 1.82) is 0 Å². The van der Waals surface area contributed by atoms with Crippen molar-refractivity contribution in [2.45, 2.75) is 71.6 Å². The van der Waals surface area contributed by atoms with Gasteiger partial charge in [-0.25, -0.2) is 9.48 Å². The van der Waals surface area contributed by atoms with Crippen LogP contribution in [0, 0.1) is 0 Å². The molecule has 1 N–H and O–H groups in total. The second-order valence-electron chi connectivity index (χ2n) is 7.94. The molecule has 0 saturated carbocycles. The predicted octanol–water partition coefficient (Wildman–Crippen LogP) is 2.69. The molecular formula is C17H31N5O2. The highest BCUT2D eigenvalue weighted by atomic mass is 16.6. The van der Waals surface area contributed by atoms with E-state index in [0.717, 1.165) is 25.1 Å². The van der Waals surface area contributed by atoms with Crippen molar-refractivity contribution < 1.29 is 9.53 Å². The average molecular weight is 337 g/mol. The largest absolute Gasteiger partial charge is 0.444 e. The summed E-state index contributed by atoms with van der Waals surface area (Å²) in [5.41, 5.74) is 0.301. The maximum atomic E-state index is 12.1. The fourth-order valence-corrected chi connectivity index (χ4v) is 2.91. The Balaban J connectivity index is 1.93. The van der Waals surface area contributed by atoms with E-state index in [1.807, 2.05) is 31.6 Å². The van der Waals surface area contributed by atoms with Gasteiger partial charge in [0.2, 0.25) is 0 Å². The Hall–Kier alpha value is -1.63. The molecule has 1 aromatic heterocycles. The van der Waals surface area contributed by atoms with E-state index in [-0.39, 0.29) is 17.7 Å². The number of piperidine rings is 1. The lowest BCUT2D eigenvalue weighted by Gasteiger charge is -2.33. The minimum absolute atomic E-state index is 0.190. The normalized spacial score (nSPS) is 17.2. The minimum Gasteiger partial charge on any atom is -0.444 e. The predicted molar refractivity (Wildman–Crippen MR) is 92.8 cm³/mol. The summed E-state index contributed by atoms with van der Waals surface area (Å²) in [6.07, 6.45) is 3.53. The van der Waals surface area contributed by atoms with Crippen molar-refractivity contribution in [1.82, 2.24) is 25.2 Å². The van der Waals surface area contributed by atoms with Gasteiger partial charge in [-0.2, -0.15) is 0 Å². The van der Waals surface area contributed by atoms with Gasteiger partial charge in [0.05, 0.1) is 17.8 Å². The zero-order valence-electron chi connectivity index (χ0n) is 15.8. The van der Waals surface area contributed by atoms with Gasteiger partial charge in [-0.1, -0.05) is 12.1 Å². The number of rotatable bonds is 4. The second-order valence-corrected chi connectivity index (χ2v) is 7.94. The maximum absolute atomic E-state index is 12.1. The number of nitrogens with zero attached hydrogens (tertiary/aromatic N) is 4. The van der Waals surface area contributed by atoms with Gasteiger partial charge in [0.1, 0.15) is 11.3 Å². The minimum atomic E-state index is -0.452. The number of carbonyl (C=O) groups is 1. The molecule has 2 heterocycles. The Morgan fingerprint density at radius 2 is 1.92 bits per heavy atom. The van der Waals surface area contributed by atoms with Crippen LogP contribution in [-0.2, 0) is 10.3 Å². The van der Waals surface area contributed by atoms with Crippen molar-refractivity contribution in [3.05, 3.63) is 11.9 Å². The van der Waals surface area contributed by atoms with Gasteiger partial charge in [0.15, 0.2) is 0 Å². The number of amides is 1. The third kappa shape index (κ3) is 4.69. The van der Waals surface area contributed by atoms with Crippen LogP contribution >= 0.6 is 0 Å². The quantitative estimate of drug-likeness (QED) is 0.914. The summed E-state index contributed by atoms with van der Waals surface area (Å²) in [6, 6.07) is 0.280. The lowest BCUT2D eigenvalue weighted by molar-refractivity contribution is 0.0184. The van der Waals surface area contributed by atoms with Crippen LogP contribution in [0.2, 0.25) is 0 Å². The highest BCUT2D eigenvalue weighted by molar-refractivity contribution is 5.68. The number of likely N-dealkylation sites (tertiary alicyclic amines) is 1. The molecule has 1 aliphatic heterocycles. The Morgan fingerprint density at radius 1 is 1.29 bits per heavy atom. The van der Waals surface area contributed by atoms with Crippen LogP contribution in [0.1, 0.15) is 66.1 Å². The standard InChI is InChI=1S/C17H31N5O2/c1-7-18-17(5,6)14-12-22(20-19-14)13-8-10-21(11-9-13)15(23)24-16(2,3)4/h12-13,18H,7-11H2,1-6H3. The lowest BCUT2D eigenvalue weighted by Crippen LogP contribution is -2.42. The molecule has 2 rings (SSSR count). The summed E-state index contributed by atoms with van der Waals surface area (Å²) in [5, 5.41) is 12.1. The first-order valence-electron chi connectivity index (χ1n) is 8.77. The van der Waals surface area contributed by atoms with Crippen molar-refractivity contribution in [3.63, 3.8) is 0 Å². The molecule has 1 aromatic rings. The first-order valence-corrected chi connectivity index (χ1v) is 8.77. The SMILES string of the molecule is CCNC(C)(C)c1cn(C2CCN(C(=O)OC(C)(C)C)CC2)nn1. The van der Waals surface area contributed by atoms with Crippen LogP contribution in [-0.4, -0.2) is 51.2 Å². The lowest BCUT2D eigenvalue weighted by atomic mass is 10.0. The Labute approximate surface area is 144 Å². The smallest absolute Gasteiger partial charge is 0.410 e. The molecule has 1 fully saturated rings. The number of carbonyl (C=O) groups excluding carboxylic acids is 1. The summed E-state index contributed by atoms with van der Waals surface area (Å²) < 4.78 is 7.38. The van der Waals surface area contributed by atoms with E-state index >= 15 is 0 Å². The van der Waals surface area contributed by atoms with Crippen molar-refractivity contribution in [2.24, 2.45) is 0 Å². The van der Waals surface area contributed by atoms with E-state index < -0.39 is 5.60 Å². The topological polar surface area (TPSA) is 72.3 Å². The Kier molecular flexibility index (Phi) is 5.52. The molecule has 24 heavy (non-hydrogen) atoms. The molecule has 136 valence electrons. The van der Waals surface area contributed by atoms with Gasteiger partial charge in [-0.05, 0) is 54.0 Å². The number of aromatic nitrogens is 3. The van der Waals surface area contributed by atoms with E-state index in [0.29, 0.717) is 13.1 Å². The summed E-state index contributed by atoms with van der Waals surface area (Å²) in [4.78, 5) is 13.9. The fraction of sp³-hybridized carbons (Fsp3) is 0.824. The van der Waals surface area contributed by atoms with Crippen molar-refractivity contribution in [3.8, 4) is 0 Å². The third-order valence-corrected chi connectivity index (χ3v) is 4.26. The molecule has 7 nitrogen and oxygen atoms in total. The first-order chi connectivity index (χ1) is 11.1. The van der Waals surface area contributed by atoms with Crippen LogP contribution in [0.3, 0.4) is 0 Å². The van der Waals surface area contributed by atoms with E-state index in [1.54, 1.807) is 4.90 Å². The molecule has 1 amide bonds. The van der Waals surface area contributed by atoms with Gasteiger partial charge in [0, 0.05) is 13.1 Å². The molecule has 0 radical (unpaired) electrons. The summed E-state index contributed by atoms with van der Waals surface area (Å²) in [7, 11) is 0. The van der Waals surface area contributed by atoms with Gasteiger partial charge in [0.25, 0.3) is 0 Å². The zero-order chi connectivity index (χ0) is 18.0. The number of hydrogen-bond acceptors (Lipinski definition) is 5. The van der Waals surface area contributed by atoms with Crippen LogP contribution in [0.15, 0.2) is 6.20 Å². The molecular weight excluding hydrogens is 306 g/mol. The van der Waals surface area contributed by atoms with Crippen molar-refractivity contribution in [2.75, 3.05) is 19.6 Å². The monoisotopic (exact) mass is 337 g/mol. The van der Waals surface area contributed by atoms with Crippen LogP contribution in [0.25, 0.3) is 0 Å². The highest BCUT2D eigenvalue weighted by Crippen LogP contribution is 2.25. The van der Waals surface area contributed by atoms with Crippen LogP contribution in [0.5, 0.6) is 0 Å². The molecule has 1 aliphatic rings. The van der Waals surface area contributed by atoms with E-state index in [2.05, 4.69) is 36.4 Å². The van der Waals surface area contributed by atoms with E-state index in [4.69, 9.17) is 4.74 Å². The third-order valence-electron chi connectivity index (χ3n) is 4.26. The molecule has 0 unspecified atom stereocenters. The van der Waals surface area contributed by atoms with Crippen molar-refractivity contribution >= 4 is 6.09 Å². The molecule has 7 heteroatoms. The number of nitrogens with one attached hydrogen (secondary N) is 1. The second kappa shape index (κ2) is 7.09. The van der Waals surface area contributed by atoms with E-state index in [9.17, 15) is 4.79 Å². The summed E-state index contributed by atoms with van der Waals surface area (Å²) >= 11 is 0. The van der Waals surface area contributed by atoms with Crippen LogP contribution in [0.4, 0.5) is 4.79 Å². The summed E-state index contributed by atoms with van der Waals surface area (Å²) in [5.74, 6) is 0. The first kappa shape index (κ1) is 18.7. The highest BCUT2D eigenvalue weighted by Gasteiger charge is 2.29. The van der Waals surface area contributed by atoms with Gasteiger partial charge in [-0.3, -0.25) is 0 Å². The molecule has 0 aliphatic carbocycles. The molecule has 0 spiro atoms. The average Bonchev–Trinajstić information content (AvgIpc) is 2.96. The Bertz CT molecular complexity index is 554. The zero-order valence-corrected chi connectivity index (χ0v) is 15.8. The van der Waals surface area contributed by atoms with E-state index in [1.165, 1.54) is 0 Å². The van der Waals surface area contributed by atoms with Gasteiger partial charge in [-0.15, -0.1) is 5.10 Å². The molecule has 0 bridgehead atoms. The number of hydrogen-bond donors (Lipinski definition) is 1. The number of ether oxygens (including phenoxy) is 1. The molecule has 0 aromatic carbocycles. The molecule has 0 atom stereocenters. The molecule has 1 saturated heterocycles. The maximum Gasteiger partial charge on any atom is 0.410 e. The van der Waals surface area contributed by atoms with Gasteiger partial charge >= 0.3 is 6.09 Å². The Morgan fingerprint density at radius 3 is 2.46 bits per heavy atom. The summed E-state index contributed by atoms with van der Waals surface area (Å²) in [6.45, 7) is 14.2.